The predicted molar refractivity (Wildman–Crippen MR) is 336 cm³/mol. The van der Waals surface area contributed by atoms with Gasteiger partial charge >= 0.3 is 0 Å². The van der Waals surface area contributed by atoms with Crippen molar-refractivity contribution < 1.29 is 134 Å². The number of carbonyl (C=O) groups excluding carboxylic acids is 1. The number of hydrogen-bond donors (Lipinski definition) is 17. The van der Waals surface area contributed by atoms with E-state index in [1.807, 2.05) is 29.6 Å². The van der Waals surface area contributed by atoms with Crippen molar-refractivity contribution in [1.82, 2.24) is 5.32 Å². The van der Waals surface area contributed by atoms with E-state index >= 15 is 0 Å². The summed E-state index contributed by atoms with van der Waals surface area (Å²) >= 11 is 1.52. The van der Waals surface area contributed by atoms with Gasteiger partial charge in [0.05, 0.1) is 70.1 Å². The molecule has 17 N–H and O–H groups in total. The number of ether oxygens (including phenoxy) is 10. The third-order valence-electron chi connectivity index (χ3n) is 18.8. The number of fused-ring (bicyclic) bond motifs is 1. The second-order valence-corrected chi connectivity index (χ2v) is 26.7. The van der Waals surface area contributed by atoms with Crippen LogP contribution < -0.4 is 5.32 Å². The fourth-order valence-electron chi connectivity index (χ4n) is 12.8. The van der Waals surface area contributed by atoms with Crippen LogP contribution in [-0.2, 0) is 52.2 Å². The van der Waals surface area contributed by atoms with Gasteiger partial charge in [-0.3, -0.25) is 4.79 Å². The standard InChI is InChI=1S/C65H107NO27S/c1-4-5-6-7-8-9-10-11-12-13-14-15-16-17-18-23-47(75)66-38(39(72)25-24-36-33-94-46-22-20-19-21-37(36)46)32-84-63-55(82)53(80)59(44(30-70)87-63)92-65-56(83)61(90-48-26-40(73)34(2)57(89-48)49(76)41(74)27-67)60(45(31-71)88-65)93-62-35(3)58(51(78)43(29-69)85-62)91-64-54(81)52(79)50(77)42(28-68)86-64/h19-22,24-25,33-35,38-45,48-65,67-74,76-83H,4-18,23,26-32H2,1-3H3,(H,66,75)/b25-24-/t34-,35?,38+,39-,40-,41-,42?,43?,44?,45?,48?,49-,50+,51+,52+,53-,54?,55?,56?,57?,58-,59-,60+,61-,62+,63-,64+,65+/m1/s1. The number of benzene rings is 1. The van der Waals surface area contributed by atoms with E-state index in [0.717, 1.165) is 41.3 Å². The lowest BCUT2D eigenvalue weighted by Crippen LogP contribution is -2.67. The maximum absolute atomic E-state index is 13.6. The molecule has 5 fully saturated rings. The topological polar surface area (TPSA) is 445 Å². The number of carbonyl (C=O) groups is 1. The van der Waals surface area contributed by atoms with Crippen LogP contribution in [0.1, 0.15) is 135 Å². The largest absolute Gasteiger partial charge is 0.394 e. The molecule has 5 aliphatic heterocycles. The van der Waals surface area contributed by atoms with Crippen LogP contribution in [0.15, 0.2) is 35.7 Å². The van der Waals surface area contributed by atoms with Gasteiger partial charge in [-0.1, -0.05) is 141 Å². The number of nitrogens with one attached hydrogen (secondary N) is 1. The Hall–Kier alpha value is -2.65. The van der Waals surface area contributed by atoms with Gasteiger partial charge in [0.1, 0.15) is 97.7 Å². The van der Waals surface area contributed by atoms with E-state index in [0.29, 0.717) is 6.42 Å². The Labute approximate surface area is 552 Å². The average Bonchev–Trinajstić information content (AvgIpc) is 0.975. The first-order chi connectivity index (χ1) is 45.2. The summed E-state index contributed by atoms with van der Waals surface area (Å²) < 4.78 is 61.7. The number of thiophene rings is 1. The van der Waals surface area contributed by atoms with Crippen LogP contribution in [-0.4, -0.2) is 287 Å². The molecule has 0 bridgehead atoms. The molecule has 28 nitrogen and oxygen atoms in total. The smallest absolute Gasteiger partial charge is 0.220 e. The minimum absolute atomic E-state index is 0.164. The van der Waals surface area contributed by atoms with Gasteiger partial charge in [-0.25, -0.2) is 0 Å². The Morgan fingerprint density at radius 2 is 1.11 bits per heavy atom. The van der Waals surface area contributed by atoms with Crippen LogP contribution in [0.25, 0.3) is 16.2 Å². The van der Waals surface area contributed by atoms with Crippen molar-refractivity contribution in [1.29, 1.82) is 0 Å². The van der Waals surface area contributed by atoms with Gasteiger partial charge in [0, 0.05) is 29.4 Å². The highest BCUT2D eigenvalue weighted by Gasteiger charge is 2.57. The second-order valence-electron chi connectivity index (χ2n) is 25.8. The minimum Gasteiger partial charge on any atom is -0.394 e. The molecule has 0 saturated carbocycles. The number of amides is 1. The van der Waals surface area contributed by atoms with Gasteiger partial charge in [-0.05, 0) is 28.8 Å². The van der Waals surface area contributed by atoms with Crippen molar-refractivity contribution >= 4 is 33.4 Å². The Balaban J connectivity index is 1.04. The SMILES string of the molecule is CCCCCCCCCCCCCCCCCC(=O)N[C@@H](CO[C@@H]1OC(CO)[C@@H](O[C@@H]2OC(CO)[C@H](O[C@@H]3OC(CO)[C@H](O)[C@H](O[C@@H]4OC(CO)[C@H](O)[C@H](O)C4O)C3C)[C@H](OC3C[C@@H](O)[C@@H](C)C([C@H](O)[C@H](O)CO)O3)C2O)[C@H](O)C1O)[C@H](O)/C=C\c1csc2ccccc12. The third kappa shape index (κ3) is 21.0. The Morgan fingerprint density at radius 3 is 1.73 bits per heavy atom. The van der Waals surface area contributed by atoms with Crippen LogP contribution in [0.3, 0.4) is 0 Å². The summed E-state index contributed by atoms with van der Waals surface area (Å²) in [6.45, 7) is 0.213. The molecule has 94 heavy (non-hydrogen) atoms. The van der Waals surface area contributed by atoms with Gasteiger partial charge in [0.15, 0.2) is 31.5 Å². The fourth-order valence-corrected chi connectivity index (χ4v) is 13.8. The summed E-state index contributed by atoms with van der Waals surface area (Å²) in [4.78, 5) is 13.6. The summed E-state index contributed by atoms with van der Waals surface area (Å²) in [5.74, 6) is -2.41. The highest BCUT2D eigenvalue weighted by molar-refractivity contribution is 7.17. The third-order valence-corrected chi connectivity index (χ3v) is 19.8. The van der Waals surface area contributed by atoms with Crippen molar-refractivity contribution in [3.63, 3.8) is 0 Å². The Kier molecular flexibility index (Phi) is 33.0. The lowest BCUT2D eigenvalue weighted by Gasteiger charge is -2.51. The molecule has 1 amide bonds. The molecule has 5 saturated heterocycles. The molecule has 28 atom stereocenters. The zero-order valence-electron chi connectivity index (χ0n) is 54.0. The lowest BCUT2D eigenvalue weighted by atomic mass is 9.87. The molecule has 540 valence electrons. The number of hydrogen-bond acceptors (Lipinski definition) is 28. The van der Waals surface area contributed by atoms with Gasteiger partial charge < -0.3 is 134 Å². The van der Waals surface area contributed by atoms with Crippen molar-refractivity contribution in [2.75, 3.05) is 39.6 Å². The van der Waals surface area contributed by atoms with Gasteiger partial charge in [-0.15, -0.1) is 11.3 Å². The van der Waals surface area contributed by atoms with Crippen LogP contribution in [0.2, 0.25) is 0 Å². The van der Waals surface area contributed by atoms with Crippen molar-refractivity contribution in [3.8, 4) is 0 Å². The summed E-state index contributed by atoms with van der Waals surface area (Å²) in [7, 11) is 0. The van der Waals surface area contributed by atoms with E-state index in [4.69, 9.17) is 47.4 Å². The number of unbranched alkanes of at least 4 members (excludes halogenated alkanes) is 14. The second kappa shape index (κ2) is 39.4. The van der Waals surface area contributed by atoms with E-state index in [1.54, 1.807) is 6.08 Å². The molecule has 1 aromatic heterocycles. The highest BCUT2D eigenvalue weighted by atomic mass is 32.1. The predicted octanol–water partition coefficient (Wildman–Crippen LogP) is -0.564. The quantitative estimate of drug-likeness (QED) is 0.0375. The molecule has 6 heterocycles. The van der Waals surface area contributed by atoms with Gasteiger partial charge in [-0.2, -0.15) is 0 Å². The van der Waals surface area contributed by atoms with E-state index in [2.05, 4.69) is 12.2 Å². The Morgan fingerprint density at radius 1 is 0.574 bits per heavy atom. The van der Waals surface area contributed by atoms with Crippen LogP contribution in [0.4, 0.5) is 0 Å². The molecule has 5 aliphatic rings. The fraction of sp³-hybridized carbons (Fsp3) is 0.831. The first-order valence-corrected chi connectivity index (χ1v) is 34.6. The van der Waals surface area contributed by atoms with Crippen molar-refractivity contribution in [3.05, 3.63) is 41.3 Å². The summed E-state index contributed by atoms with van der Waals surface area (Å²) in [5, 5.41) is 181. The zero-order chi connectivity index (χ0) is 68.2. The van der Waals surface area contributed by atoms with Crippen LogP contribution in [0, 0.1) is 11.8 Å². The molecule has 7 rings (SSSR count). The molecule has 0 radical (unpaired) electrons. The molecule has 1 aromatic carbocycles. The van der Waals surface area contributed by atoms with Crippen LogP contribution in [0.5, 0.6) is 0 Å². The van der Waals surface area contributed by atoms with Gasteiger partial charge in [0.25, 0.3) is 0 Å². The summed E-state index contributed by atoms with van der Waals surface area (Å²) in [6, 6.07) is 6.61. The molecular weight excluding hydrogens is 1260 g/mol. The first-order valence-electron chi connectivity index (χ1n) is 33.7. The molecule has 2 aromatic rings. The summed E-state index contributed by atoms with van der Waals surface area (Å²) in [6.07, 6.45) is -22.3. The van der Waals surface area contributed by atoms with Crippen molar-refractivity contribution in [2.24, 2.45) is 11.8 Å². The normalized spacial score (nSPS) is 37.2. The average molecular weight is 1370 g/mol. The number of aliphatic hydroxyl groups is 16. The minimum atomic E-state index is -2.11. The maximum atomic E-state index is 13.6. The number of aliphatic hydroxyl groups excluding tert-OH is 16. The van der Waals surface area contributed by atoms with Crippen LogP contribution >= 0.6 is 11.3 Å². The van der Waals surface area contributed by atoms with E-state index in [1.165, 1.54) is 95.5 Å². The number of rotatable bonds is 38. The molecule has 0 spiro atoms. The summed E-state index contributed by atoms with van der Waals surface area (Å²) in [5.41, 5.74) is 0.827. The van der Waals surface area contributed by atoms with E-state index in [-0.39, 0.29) is 18.7 Å². The molecule has 10 unspecified atom stereocenters. The van der Waals surface area contributed by atoms with Crippen molar-refractivity contribution in [2.45, 2.75) is 289 Å². The van der Waals surface area contributed by atoms with Gasteiger partial charge in [0.2, 0.25) is 5.91 Å². The lowest BCUT2D eigenvalue weighted by molar-refractivity contribution is -0.396. The van der Waals surface area contributed by atoms with E-state index < -0.39 is 211 Å². The first kappa shape index (κ1) is 78.7. The monoisotopic (exact) mass is 1370 g/mol. The molecule has 0 aliphatic carbocycles. The highest BCUT2D eigenvalue weighted by Crippen LogP contribution is 2.40. The molecule has 29 heteroatoms. The van der Waals surface area contributed by atoms with E-state index in [9.17, 15) is 86.5 Å². The Bertz CT molecular complexity index is 2480. The maximum Gasteiger partial charge on any atom is 0.220 e. The molecular formula is C65H107NO27S. The zero-order valence-corrected chi connectivity index (χ0v) is 54.8.